The number of hydrogen-bond acceptors (Lipinski definition) is 3. The molecule has 0 atom stereocenters. The lowest BCUT2D eigenvalue weighted by molar-refractivity contribution is -0.134. The second-order valence-electron chi connectivity index (χ2n) is 10.0. The van der Waals surface area contributed by atoms with Gasteiger partial charge in [0.2, 0.25) is 0 Å². The van der Waals surface area contributed by atoms with Gasteiger partial charge in [0.05, 0.1) is 16.7 Å². The molecule has 0 bridgehead atoms. The summed E-state index contributed by atoms with van der Waals surface area (Å²) in [6.07, 6.45) is 3.77. The Morgan fingerprint density at radius 3 is 2.26 bits per heavy atom. The number of amides is 2. The van der Waals surface area contributed by atoms with Crippen molar-refractivity contribution in [2.24, 2.45) is 0 Å². The highest BCUT2D eigenvalue weighted by Gasteiger charge is 2.39. The number of ether oxygens (including phenoxy) is 1. The van der Waals surface area contributed by atoms with Gasteiger partial charge in [0.1, 0.15) is 6.73 Å². The van der Waals surface area contributed by atoms with E-state index < -0.39 is 8.07 Å². The number of aromatic amines is 1. The highest BCUT2D eigenvalue weighted by atomic mass is 28.3. The monoisotopic (exact) mass is 471 g/mol. The number of fused-ring (bicyclic) bond motifs is 2. The smallest absolute Gasteiger partial charge is 0.261 e. The molecule has 0 saturated carbocycles. The van der Waals surface area contributed by atoms with Crippen LogP contribution in [0, 0.1) is 0 Å². The van der Waals surface area contributed by atoms with E-state index in [0.717, 1.165) is 39.0 Å². The van der Waals surface area contributed by atoms with Crippen LogP contribution >= 0.6 is 0 Å². The van der Waals surface area contributed by atoms with Crippen molar-refractivity contribution < 1.29 is 14.3 Å². The molecular formula is C27H29N3O3Si. The number of nitrogens with zero attached hydrogens (tertiary/aromatic N) is 2. The standard InChI is InChI=1S/C27H29N3O3Si/c1-29-26(31)24(20-15-28-22-11-7-5-9-18(20)22)25(27(29)32)21-16-30(17-33-13-14-34(2,3)4)23-12-8-6-10-19(21)23/h5-12,15-16,28H,13-14,17H2,1-4H3. The van der Waals surface area contributed by atoms with E-state index >= 15 is 0 Å². The Bertz CT molecular complexity index is 1450. The molecule has 2 aromatic heterocycles. The molecule has 0 saturated heterocycles. The lowest BCUT2D eigenvalue weighted by atomic mass is 9.95. The summed E-state index contributed by atoms with van der Waals surface area (Å²) in [6.45, 7) is 8.10. The molecule has 0 aliphatic carbocycles. The van der Waals surface area contributed by atoms with E-state index in [0.29, 0.717) is 24.5 Å². The zero-order valence-electron chi connectivity index (χ0n) is 20.0. The zero-order valence-corrected chi connectivity index (χ0v) is 21.0. The molecule has 0 radical (unpaired) electrons. The Hall–Kier alpha value is -3.42. The highest BCUT2D eigenvalue weighted by molar-refractivity contribution is 6.76. The van der Waals surface area contributed by atoms with Crippen molar-refractivity contribution in [1.82, 2.24) is 14.5 Å². The maximum atomic E-state index is 13.4. The van der Waals surface area contributed by atoms with Crippen molar-refractivity contribution in [3.63, 3.8) is 0 Å². The number of rotatable bonds is 7. The number of likely N-dealkylation sites (N-methyl/N-ethyl adjacent to an activating group) is 1. The molecule has 1 N–H and O–H groups in total. The molecule has 2 amide bonds. The van der Waals surface area contributed by atoms with Crippen LogP contribution in [0.2, 0.25) is 25.7 Å². The molecule has 0 fully saturated rings. The van der Waals surface area contributed by atoms with Crippen molar-refractivity contribution in [2.45, 2.75) is 32.4 Å². The lowest BCUT2D eigenvalue weighted by Crippen LogP contribution is -2.26. The van der Waals surface area contributed by atoms with Crippen LogP contribution in [-0.4, -0.2) is 48.0 Å². The average Bonchev–Trinajstić information content (AvgIpc) is 3.45. The minimum atomic E-state index is -1.18. The van der Waals surface area contributed by atoms with E-state index in [-0.39, 0.29) is 11.8 Å². The van der Waals surface area contributed by atoms with Gasteiger partial charge in [0.25, 0.3) is 11.8 Å². The molecular weight excluding hydrogens is 442 g/mol. The second kappa shape index (κ2) is 8.41. The fourth-order valence-corrected chi connectivity index (χ4v) is 5.27. The first-order valence-electron chi connectivity index (χ1n) is 11.6. The SMILES string of the molecule is CN1C(=O)C(c2c[nH]c3ccccc23)=C(c2cn(COCC[Si](C)(C)C)c3ccccc23)C1=O. The van der Waals surface area contributed by atoms with Gasteiger partial charge in [0, 0.05) is 61.5 Å². The summed E-state index contributed by atoms with van der Waals surface area (Å²) in [7, 11) is 0.362. The molecule has 174 valence electrons. The number of carbonyl (C=O) groups excluding carboxylic acids is 2. The number of H-pyrrole nitrogens is 1. The molecule has 0 spiro atoms. The van der Waals surface area contributed by atoms with Crippen LogP contribution in [0.15, 0.2) is 60.9 Å². The molecule has 3 heterocycles. The van der Waals surface area contributed by atoms with Gasteiger partial charge in [-0.25, -0.2) is 0 Å². The zero-order chi connectivity index (χ0) is 24.0. The summed E-state index contributed by atoms with van der Waals surface area (Å²) >= 11 is 0. The number of nitrogens with one attached hydrogen (secondary N) is 1. The van der Waals surface area contributed by atoms with E-state index in [1.807, 2.05) is 65.5 Å². The van der Waals surface area contributed by atoms with Gasteiger partial charge in [0.15, 0.2) is 0 Å². The first kappa shape index (κ1) is 22.4. The van der Waals surface area contributed by atoms with Crippen LogP contribution in [0.25, 0.3) is 33.0 Å². The lowest BCUT2D eigenvalue weighted by Gasteiger charge is -2.15. The van der Waals surface area contributed by atoms with Gasteiger partial charge in [-0.15, -0.1) is 0 Å². The Morgan fingerprint density at radius 2 is 1.53 bits per heavy atom. The Balaban J connectivity index is 1.63. The van der Waals surface area contributed by atoms with Crippen molar-refractivity contribution >= 4 is 52.8 Å². The highest BCUT2D eigenvalue weighted by Crippen LogP contribution is 2.40. The summed E-state index contributed by atoms with van der Waals surface area (Å²) < 4.78 is 8.05. The number of para-hydroxylation sites is 2. The maximum Gasteiger partial charge on any atom is 0.261 e. The number of benzene rings is 2. The van der Waals surface area contributed by atoms with Gasteiger partial charge in [-0.1, -0.05) is 56.0 Å². The van der Waals surface area contributed by atoms with E-state index in [2.05, 4.69) is 24.6 Å². The number of aromatic nitrogens is 2. The van der Waals surface area contributed by atoms with Crippen LogP contribution in [-0.2, 0) is 21.1 Å². The van der Waals surface area contributed by atoms with E-state index in [4.69, 9.17) is 4.74 Å². The molecule has 6 nitrogen and oxygen atoms in total. The van der Waals surface area contributed by atoms with Crippen LogP contribution in [0.5, 0.6) is 0 Å². The summed E-state index contributed by atoms with van der Waals surface area (Å²) in [5, 5.41) is 1.85. The van der Waals surface area contributed by atoms with Gasteiger partial charge in [-0.3, -0.25) is 14.5 Å². The molecule has 2 aromatic carbocycles. The van der Waals surface area contributed by atoms with Crippen LogP contribution in [0.1, 0.15) is 11.1 Å². The predicted octanol–water partition coefficient (Wildman–Crippen LogP) is 5.34. The largest absolute Gasteiger partial charge is 0.361 e. The van der Waals surface area contributed by atoms with Crippen LogP contribution in [0.3, 0.4) is 0 Å². The van der Waals surface area contributed by atoms with Crippen LogP contribution in [0.4, 0.5) is 0 Å². The Morgan fingerprint density at radius 1 is 0.882 bits per heavy atom. The number of hydrogen-bond donors (Lipinski definition) is 1. The number of imide groups is 1. The van der Waals surface area contributed by atoms with E-state index in [9.17, 15) is 9.59 Å². The molecule has 0 unspecified atom stereocenters. The van der Waals surface area contributed by atoms with E-state index in [1.165, 1.54) is 4.90 Å². The van der Waals surface area contributed by atoms with Gasteiger partial charge < -0.3 is 14.3 Å². The topological polar surface area (TPSA) is 67.3 Å². The Kier molecular flexibility index (Phi) is 5.54. The minimum absolute atomic E-state index is 0.284. The van der Waals surface area contributed by atoms with Gasteiger partial charge in [-0.2, -0.15) is 0 Å². The molecule has 1 aliphatic heterocycles. The van der Waals surface area contributed by atoms with Crippen molar-refractivity contribution in [3.05, 3.63) is 72.1 Å². The third-order valence-electron chi connectivity index (χ3n) is 6.43. The molecule has 34 heavy (non-hydrogen) atoms. The van der Waals surface area contributed by atoms with Crippen molar-refractivity contribution in [2.75, 3.05) is 13.7 Å². The molecule has 4 aromatic rings. The molecule has 1 aliphatic rings. The molecule has 7 heteroatoms. The quantitative estimate of drug-likeness (QED) is 0.225. The van der Waals surface area contributed by atoms with Crippen molar-refractivity contribution in [1.29, 1.82) is 0 Å². The van der Waals surface area contributed by atoms with E-state index in [1.54, 1.807) is 7.05 Å². The first-order chi connectivity index (χ1) is 16.3. The fraction of sp³-hybridized carbons (Fsp3) is 0.259. The summed E-state index contributed by atoms with van der Waals surface area (Å²) in [4.78, 5) is 31.1. The predicted molar refractivity (Wildman–Crippen MR) is 139 cm³/mol. The second-order valence-corrected chi connectivity index (χ2v) is 15.7. The van der Waals surface area contributed by atoms with Crippen molar-refractivity contribution in [3.8, 4) is 0 Å². The third kappa shape index (κ3) is 3.80. The maximum absolute atomic E-state index is 13.4. The van der Waals surface area contributed by atoms with Crippen LogP contribution < -0.4 is 0 Å². The average molecular weight is 472 g/mol. The molecule has 5 rings (SSSR count). The number of carbonyl (C=O) groups is 2. The van der Waals surface area contributed by atoms with Gasteiger partial charge in [-0.05, 0) is 18.2 Å². The fourth-order valence-electron chi connectivity index (χ4n) is 4.51. The summed E-state index contributed by atoms with van der Waals surface area (Å²) in [6, 6.07) is 16.9. The third-order valence-corrected chi connectivity index (χ3v) is 8.13. The Labute approximate surface area is 199 Å². The summed E-state index contributed by atoms with van der Waals surface area (Å²) in [5.74, 6) is -0.569. The minimum Gasteiger partial charge on any atom is -0.361 e. The van der Waals surface area contributed by atoms with Gasteiger partial charge >= 0.3 is 0 Å². The first-order valence-corrected chi connectivity index (χ1v) is 15.3. The summed E-state index contributed by atoms with van der Waals surface area (Å²) in [5.41, 5.74) is 4.29. The normalized spacial score (nSPS) is 14.9.